The summed E-state index contributed by atoms with van der Waals surface area (Å²) in [5.41, 5.74) is 0. The molecule has 0 saturated carbocycles. The van der Waals surface area contributed by atoms with E-state index < -0.39 is 40.3 Å². The Balaban J connectivity index is 1.86. The summed E-state index contributed by atoms with van der Waals surface area (Å²) in [7, 11) is -0.578. The van der Waals surface area contributed by atoms with Gasteiger partial charge in [-0.2, -0.15) is 17.0 Å². The van der Waals surface area contributed by atoms with Crippen LogP contribution in [0.1, 0.15) is 26.2 Å². The molecule has 0 bridgehead atoms. The summed E-state index contributed by atoms with van der Waals surface area (Å²) in [4.78, 5) is 37.0. The second-order valence-electron chi connectivity index (χ2n) is 7.08. The molecule has 2 amide bonds. The zero-order valence-electron chi connectivity index (χ0n) is 16.3. The van der Waals surface area contributed by atoms with Gasteiger partial charge in [-0.1, -0.05) is 13.3 Å². The van der Waals surface area contributed by atoms with Gasteiger partial charge in [-0.3, -0.25) is 9.59 Å². The van der Waals surface area contributed by atoms with Crippen LogP contribution in [0, 0.1) is 0 Å². The van der Waals surface area contributed by atoms with E-state index in [1.165, 1.54) is 18.4 Å². The van der Waals surface area contributed by atoms with Gasteiger partial charge in [0.1, 0.15) is 0 Å². The Morgan fingerprint density at radius 2 is 1.79 bits per heavy atom. The number of carbonyl (C=O) groups excluding carboxylic acids is 2. The predicted octanol–water partition coefficient (Wildman–Crippen LogP) is -1.54. The molecule has 2 fully saturated rings. The van der Waals surface area contributed by atoms with Gasteiger partial charge >= 0.3 is 5.97 Å². The van der Waals surface area contributed by atoms with Crippen molar-refractivity contribution in [1.29, 1.82) is 0 Å². The number of carboxylic acids is 1. The molecule has 0 aliphatic carbocycles. The lowest BCUT2D eigenvalue weighted by Gasteiger charge is -2.35. The number of amides is 2. The standard InChI is InChI=1S/C16H28N4O7S/c1-4-5-11(17-15(22)13-14(27-13)16(23)24)10-12(21)19-6-8-20(9-7-19)28(25,26)18(2)3/h11,13-14H,4-10H2,1-3H3,(H,17,22)(H,23,24)/t11?,13-,14-/m0/s1. The number of hydrogen-bond donors (Lipinski definition) is 2. The normalized spacial score (nSPS) is 24.1. The van der Waals surface area contributed by atoms with E-state index in [9.17, 15) is 22.8 Å². The fourth-order valence-corrected chi connectivity index (χ4v) is 4.18. The molecule has 0 aromatic rings. The molecule has 2 heterocycles. The van der Waals surface area contributed by atoms with Gasteiger partial charge in [0.2, 0.25) is 5.91 Å². The van der Waals surface area contributed by atoms with Gasteiger partial charge in [-0.15, -0.1) is 0 Å². The Morgan fingerprint density at radius 3 is 2.25 bits per heavy atom. The highest BCUT2D eigenvalue weighted by Crippen LogP contribution is 2.23. The fraction of sp³-hybridized carbons (Fsp3) is 0.812. The minimum absolute atomic E-state index is 0.0739. The van der Waals surface area contributed by atoms with Gasteiger partial charge in [0.15, 0.2) is 12.2 Å². The SMILES string of the molecule is CCCC(CC(=O)N1CCN(S(=O)(=O)N(C)C)CC1)NC(=O)[C@H]1O[C@@H]1C(=O)O. The van der Waals surface area contributed by atoms with Crippen LogP contribution in [0.5, 0.6) is 0 Å². The van der Waals surface area contributed by atoms with E-state index in [4.69, 9.17) is 9.84 Å². The minimum atomic E-state index is -3.50. The number of nitrogens with one attached hydrogen (secondary N) is 1. The number of carboxylic acid groups (broad SMARTS) is 1. The molecule has 2 N–H and O–H groups in total. The number of hydrogen-bond acceptors (Lipinski definition) is 6. The maximum Gasteiger partial charge on any atom is 0.336 e. The van der Waals surface area contributed by atoms with Gasteiger partial charge in [0, 0.05) is 52.7 Å². The number of nitrogens with zero attached hydrogens (tertiary/aromatic N) is 3. The number of aliphatic carboxylic acids is 1. The molecule has 0 spiro atoms. The van der Waals surface area contributed by atoms with E-state index in [1.54, 1.807) is 4.90 Å². The van der Waals surface area contributed by atoms with E-state index in [0.717, 1.165) is 10.7 Å². The lowest BCUT2D eigenvalue weighted by Crippen LogP contribution is -2.53. The molecule has 0 aromatic carbocycles. The van der Waals surface area contributed by atoms with Gasteiger partial charge in [0.25, 0.3) is 16.1 Å². The summed E-state index contributed by atoms with van der Waals surface area (Å²) in [5, 5.41) is 11.5. The van der Waals surface area contributed by atoms with Crippen LogP contribution in [0.2, 0.25) is 0 Å². The van der Waals surface area contributed by atoms with Crippen LogP contribution in [0.3, 0.4) is 0 Å². The third-order valence-electron chi connectivity index (χ3n) is 4.78. The molecular formula is C16H28N4O7S. The molecule has 11 nitrogen and oxygen atoms in total. The first kappa shape index (κ1) is 22.5. The number of piperazine rings is 1. The smallest absolute Gasteiger partial charge is 0.336 e. The molecule has 2 aliphatic rings. The number of carbonyl (C=O) groups is 3. The molecule has 28 heavy (non-hydrogen) atoms. The van der Waals surface area contributed by atoms with Crippen LogP contribution >= 0.6 is 0 Å². The molecule has 12 heteroatoms. The molecule has 2 rings (SSSR count). The van der Waals surface area contributed by atoms with Crippen LogP contribution in [-0.2, 0) is 29.3 Å². The van der Waals surface area contributed by atoms with Gasteiger partial charge in [0.05, 0.1) is 0 Å². The van der Waals surface area contributed by atoms with E-state index in [0.29, 0.717) is 6.42 Å². The quantitative estimate of drug-likeness (QED) is 0.431. The Morgan fingerprint density at radius 1 is 1.18 bits per heavy atom. The van der Waals surface area contributed by atoms with E-state index in [2.05, 4.69) is 5.32 Å². The average Bonchev–Trinajstić information content (AvgIpc) is 3.43. The largest absolute Gasteiger partial charge is 0.479 e. The second kappa shape index (κ2) is 9.16. The van der Waals surface area contributed by atoms with Gasteiger partial charge < -0.3 is 20.1 Å². The summed E-state index contributed by atoms with van der Waals surface area (Å²) in [5.74, 6) is -1.89. The van der Waals surface area contributed by atoms with E-state index in [1.807, 2.05) is 6.92 Å². The highest BCUT2D eigenvalue weighted by atomic mass is 32.2. The average molecular weight is 420 g/mol. The molecule has 0 aromatic heterocycles. The van der Waals surface area contributed by atoms with Crippen LogP contribution in [0.25, 0.3) is 0 Å². The maximum atomic E-state index is 12.6. The van der Waals surface area contributed by atoms with Crippen molar-refractivity contribution in [3.05, 3.63) is 0 Å². The first-order valence-electron chi connectivity index (χ1n) is 9.22. The summed E-state index contributed by atoms with van der Waals surface area (Å²) in [6, 6.07) is -0.424. The van der Waals surface area contributed by atoms with Crippen molar-refractivity contribution in [3.8, 4) is 0 Å². The Kier molecular flexibility index (Phi) is 7.37. The second-order valence-corrected chi connectivity index (χ2v) is 9.23. The van der Waals surface area contributed by atoms with Crippen molar-refractivity contribution in [2.45, 2.75) is 44.4 Å². The third kappa shape index (κ3) is 5.40. The van der Waals surface area contributed by atoms with Crippen LogP contribution in [0.15, 0.2) is 0 Å². The topological polar surface area (TPSA) is 140 Å². The van der Waals surface area contributed by atoms with Crippen molar-refractivity contribution in [1.82, 2.24) is 18.8 Å². The summed E-state index contributed by atoms with van der Waals surface area (Å²) in [6.07, 6.45) is -0.751. The summed E-state index contributed by atoms with van der Waals surface area (Å²) in [6.45, 7) is 2.92. The predicted molar refractivity (Wildman–Crippen MR) is 98.5 cm³/mol. The Labute approximate surface area is 164 Å². The number of ether oxygens (including phenoxy) is 1. The van der Waals surface area contributed by atoms with Gasteiger partial charge in [-0.05, 0) is 6.42 Å². The molecular weight excluding hydrogens is 392 g/mol. The van der Waals surface area contributed by atoms with E-state index >= 15 is 0 Å². The van der Waals surface area contributed by atoms with Crippen molar-refractivity contribution >= 4 is 28.0 Å². The third-order valence-corrected chi connectivity index (χ3v) is 6.72. The summed E-state index contributed by atoms with van der Waals surface area (Å²) >= 11 is 0. The van der Waals surface area contributed by atoms with Crippen molar-refractivity contribution in [2.24, 2.45) is 0 Å². The molecule has 1 unspecified atom stereocenters. The van der Waals surface area contributed by atoms with Crippen molar-refractivity contribution in [3.63, 3.8) is 0 Å². The van der Waals surface area contributed by atoms with Crippen LogP contribution < -0.4 is 5.32 Å². The van der Waals surface area contributed by atoms with Crippen molar-refractivity contribution < 1.29 is 32.6 Å². The Bertz CT molecular complexity index is 704. The first-order valence-corrected chi connectivity index (χ1v) is 10.6. The lowest BCUT2D eigenvalue weighted by atomic mass is 10.1. The number of epoxide rings is 1. The van der Waals surface area contributed by atoms with Crippen molar-refractivity contribution in [2.75, 3.05) is 40.3 Å². The van der Waals surface area contributed by atoms with Gasteiger partial charge in [-0.25, -0.2) is 4.79 Å². The summed E-state index contributed by atoms with van der Waals surface area (Å²) < 4.78 is 31.6. The first-order chi connectivity index (χ1) is 13.1. The van der Waals surface area contributed by atoms with Crippen LogP contribution in [-0.4, -0.2) is 103 Å². The maximum absolute atomic E-state index is 12.6. The molecule has 2 aliphatic heterocycles. The minimum Gasteiger partial charge on any atom is -0.479 e. The highest BCUT2D eigenvalue weighted by molar-refractivity contribution is 7.86. The molecule has 160 valence electrons. The Hall–Kier alpha value is -1.76. The molecule has 2 saturated heterocycles. The zero-order valence-corrected chi connectivity index (χ0v) is 17.1. The monoisotopic (exact) mass is 420 g/mol. The fourth-order valence-electron chi connectivity index (χ4n) is 3.10. The van der Waals surface area contributed by atoms with E-state index in [-0.39, 0.29) is 38.5 Å². The zero-order chi connectivity index (χ0) is 21.1. The van der Waals surface area contributed by atoms with Crippen LogP contribution in [0.4, 0.5) is 0 Å². The number of rotatable bonds is 9. The molecule has 3 atom stereocenters. The highest BCUT2D eigenvalue weighted by Gasteiger charge is 2.51. The lowest BCUT2D eigenvalue weighted by molar-refractivity contribution is -0.138. The molecule has 0 radical (unpaired) electrons.